The van der Waals surface area contributed by atoms with Gasteiger partial charge in [-0.1, -0.05) is 36.4 Å². The van der Waals surface area contributed by atoms with E-state index in [0.29, 0.717) is 19.8 Å². The third-order valence-corrected chi connectivity index (χ3v) is 5.98. The maximum Gasteiger partial charge on any atom is 0.142 e. The summed E-state index contributed by atoms with van der Waals surface area (Å²) in [5, 5.41) is 26.5. The molecule has 6 N–H and O–H groups in total. The van der Waals surface area contributed by atoms with Crippen LogP contribution in [0.1, 0.15) is 24.0 Å². The number of para-hydroxylation sites is 2. The summed E-state index contributed by atoms with van der Waals surface area (Å²) in [6.07, 6.45) is 5.01. The van der Waals surface area contributed by atoms with Crippen LogP contribution >= 0.6 is 0 Å². The van der Waals surface area contributed by atoms with Crippen molar-refractivity contribution in [1.29, 1.82) is 16.2 Å². The minimum atomic E-state index is -1.07. The molecule has 31 heavy (non-hydrogen) atoms. The monoisotopic (exact) mass is 417 g/mol. The number of amidine groups is 1. The summed E-state index contributed by atoms with van der Waals surface area (Å²) in [6.45, 7) is 1.94. The lowest BCUT2D eigenvalue weighted by Crippen LogP contribution is -2.59. The molecule has 0 aromatic heterocycles. The number of nitrogens with one attached hydrogen (secondary N) is 6. The van der Waals surface area contributed by atoms with Crippen LogP contribution in [0.5, 0.6) is 0 Å². The first-order chi connectivity index (χ1) is 15.1. The van der Waals surface area contributed by atoms with E-state index in [1.165, 1.54) is 0 Å². The van der Waals surface area contributed by atoms with Crippen LogP contribution in [0, 0.1) is 16.2 Å². The molecule has 8 heteroatoms. The largest absolute Gasteiger partial charge is 0.381 e. The number of aliphatic imine (C=N–C) groups is 1. The molecule has 0 bridgehead atoms. The highest BCUT2D eigenvalue weighted by molar-refractivity contribution is 6.11. The van der Waals surface area contributed by atoms with E-state index in [1.54, 1.807) is 0 Å². The van der Waals surface area contributed by atoms with Crippen molar-refractivity contribution in [3.8, 4) is 0 Å². The van der Waals surface area contributed by atoms with Gasteiger partial charge >= 0.3 is 0 Å². The second kappa shape index (κ2) is 8.79. The van der Waals surface area contributed by atoms with E-state index in [-0.39, 0.29) is 5.54 Å². The SMILES string of the molecule is N=CC(C=N)(C=N)c1ccc(CNNC2=Nc3ccccc3NC23CCOCC3)cc1. The van der Waals surface area contributed by atoms with Crippen LogP contribution in [0.2, 0.25) is 0 Å². The second-order valence-electron chi connectivity index (χ2n) is 7.84. The number of anilines is 1. The average molecular weight is 418 g/mol. The van der Waals surface area contributed by atoms with Crippen molar-refractivity contribution in [2.75, 3.05) is 18.5 Å². The fourth-order valence-corrected chi connectivity index (χ4v) is 3.97. The highest BCUT2D eigenvalue weighted by Gasteiger charge is 2.40. The van der Waals surface area contributed by atoms with Gasteiger partial charge in [0.2, 0.25) is 0 Å². The molecule has 160 valence electrons. The number of benzene rings is 2. The van der Waals surface area contributed by atoms with Gasteiger partial charge in [-0.3, -0.25) is 0 Å². The van der Waals surface area contributed by atoms with Gasteiger partial charge in [0, 0.05) is 51.2 Å². The van der Waals surface area contributed by atoms with Gasteiger partial charge in [0.25, 0.3) is 0 Å². The van der Waals surface area contributed by atoms with Crippen LogP contribution in [-0.4, -0.2) is 43.2 Å². The molecule has 0 saturated carbocycles. The zero-order valence-corrected chi connectivity index (χ0v) is 17.2. The van der Waals surface area contributed by atoms with Gasteiger partial charge in [0.05, 0.1) is 16.8 Å². The van der Waals surface area contributed by atoms with E-state index >= 15 is 0 Å². The molecule has 8 nitrogen and oxygen atoms in total. The minimum Gasteiger partial charge on any atom is -0.381 e. The first kappa shape index (κ1) is 20.9. The van der Waals surface area contributed by atoms with Crippen LogP contribution in [0.15, 0.2) is 53.5 Å². The number of nitrogens with zero attached hydrogens (tertiary/aromatic N) is 1. The van der Waals surface area contributed by atoms with Gasteiger partial charge in [-0.05, 0) is 23.3 Å². The Hall–Kier alpha value is -3.36. The number of hydrogen-bond acceptors (Lipinski definition) is 8. The second-order valence-corrected chi connectivity index (χ2v) is 7.84. The topological polar surface area (TPSA) is 129 Å². The molecule has 0 amide bonds. The van der Waals surface area contributed by atoms with Crippen LogP contribution in [0.4, 0.5) is 11.4 Å². The van der Waals surface area contributed by atoms with Crippen molar-refractivity contribution in [2.45, 2.75) is 30.3 Å². The molecule has 1 saturated heterocycles. The van der Waals surface area contributed by atoms with Crippen molar-refractivity contribution in [2.24, 2.45) is 4.99 Å². The molecular formula is C23H27N7O. The number of ether oxygens (including phenoxy) is 1. The number of fused-ring (bicyclic) bond motifs is 1. The Labute approximate surface area is 181 Å². The molecule has 2 aromatic carbocycles. The predicted octanol–water partition coefficient (Wildman–Crippen LogP) is 3.17. The summed E-state index contributed by atoms with van der Waals surface area (Å²) in [7, 11) is 0. The summed E-state index contributed by atoms with van der Waals surface area (Å²) in [5.74, 6) is 0.863. The molecule has 1 spiro atoms. The van der Waals surface area contributed by atoms with E-state index in [2.05, 4.69) is 22.2 Å². The number of hydrazine groups is 1. The fraction of sp³-hybridized carbons (Fsp3) is 0.304. The van der Waals surface area contributed by atoms with Gasteiger partial charge in [-0.25, -0.2) is 10.4 Å². The Morgan fingerprint density at radius 2 is 1.68 bits per heavy atom. The van der Waals surface area contributed by atoms with Crippen molar-refractivity contribution in [3.63, 3.8) is 0 Å². The van der Waals surface area contributed by atoms with Gasteiger partial charge in [-0.2, -0.15) is 0 Å². The quantitative estimate of drug-likeness (QED) is 0.305. The number of hydrogen-bond donors (Lipinski definition) is 6. The molecule has 1 fully saturated rings. The Morgan fingerprint density at radius 1 is 1.00 bits per heavy atom. The summed E-state index contributed by atoms with van der Waals surface area (Å²) in [6, 6.07) is 15.6. The van der Waals surface area contributed by atoms with Gasteiger partial charge in [0.15, 0.2) is 0 Å². The Kier molecular flexibility index (Phi) is 5.92. The molecule has 2 aromatic rings. The normalized spacial score (nSPS) is 18.6. The Bertz CT molecular complexity index is 971. The molecule has 4 rings (SSSR count). The average Bonchev–Trinajstić information content (AvgIpc) is 2.82. The molecule has 0 atom stereocenters. The summed E-state index contributed by atoms with van der Waals surface area (Å²) >= 11 is 0. The lowest BCUT2D eigenvalue weighted by molar-refractivity contribution is 0.0768. The van der Waals surface area contributed by atoms with Crippen LogP contribution < -0.4 is 16.2 Å². The van der Waals surface area contributed by atoms with Gasteiger partial charge < -0.3 is 31.7 Å². The Balaban J connectivity index is 1.47. The van der Waals surface area contributed by atoms with Gasteiger partial charge in [0.1, 0.15) is 11.4 Å². The van der Waals surface area contributed by atoms with Crippen LogP contribution in [-0.2, 0) is 16.7 Å². The molecule has 2 heterocycles. The standard InChI is InChI=1S/C23H27N7O/c24-14-22(15-25,16-26)18-7-5-17(6-8-18)13-27-30-21-23(9-11-31-12-10-23)29-20-4-2-1-3-19(20)28-21/h1-8,14-16,24-27,29H,9-13H2,(H,28,30). The highest BCUT2D eigenvalue weighted by Crippen LogP contribution is 2.37. The van der Waals surface area contributed by atoms with Gasteiger partial charge in [-0.15, -0.1) is 0 Å². The predicted molar refractivity (Wildman–Crippen MR) is 124 cm³/mol. The van der Waals surface area contributed by atoms with Crippen molar-refractivity contribution in [1.82, 2.24) is 10.9 Å². The first-order valence-electron chi connectivity index (χ1n) is 10.3. The molecule has 0 radical (unpaired) electrons. The van der Waals surface area contributed by atoms with E-state index in [0.717, 1.165) is 59.8 Å². The molecular weight excluding hydrogens is 390 g/mol. The fourth-order valence-electron chi connectivity index (χ4n) is 3.97. The van der Waals surface area contributed by atoms with Crippen LogP contribution in [0.25, 0.3) is 0 Å². The molecule has 2 aliphatic rings. The zero-order valence-electron chi connectivity index (χ0n) is 17.2. The molecule has 2 aliphatic heterocycles. The Morgan fingerprint density at radius 3 is 2.35 bits per heavy atom. The smallest absolute Gasteiger partial charge is 0.142 e. The van der Waals surface area contributed by atoms with E-state index in [9.17, 15) is 0 Å². The summed E-state index contributed by atoms with van der Waals surface area (Å²) in [4.78, 5) is 4.88. The lowest BCUT2D eigenvalue weighted by Gasteiger charge is -2.42. The highest BCUT2D eigenvalue weighted by atomic mass is 16.5. The van der Waals surface area contributed by atoms with Crippen LogP contribution in [0.3, 0.4) is 0 Å². The molecule has 0 aliphatic carbocycles. The van der Waals surface area contributed by atoms with Crippen molar-refractivity contribution < 1.29 is 4.74 Å². The van der Waals surface area contributed by atoms with E-state index in [1.807, 2.05) is 42.5 Å². The minimum absolute atomic E-state index is 0.277. The first-order valence-corrected chi connectivity index (χ1v) is 10.3. The summed E-state index contributed by atoms with van der Waals surface area (Å²) < 4.78 is 5.58. The third-order valence-electron chi connectivity index (χ3n) is 5.98. The maximum atomic E-state index is 7.59. The zero-order chi connectivity index (χ0) is 21.7. The maximum absolute atomic E-state index is 7.59. The van der Waals surface area contributed by atoms with E-state index in [4.69, 9.17) is 26.0 Å². The van der Waals surface area contributed by atoms with Crippen molar-refractivity contribution >= 4 is 35.9 Å². The third kappa shape index (κ3) is 3.99. The number of rotatable bonds is 7. The lowest BCUT2D eigenvalue weighted by atomic mass is 9.83. The van der Waals surface area contributed by atoms with E-state index < -0.39 is 5.41 Å². The van der Waals surface area contributed by atoms with Crippen molar-refractivity contribution in [3.05, 3.63) is 59.7 Å². The summed E-state index contributed by atoms with van der Waals surface area (Å²) in [5.41, 5.74) is 8.96. The molecule has 0 unspecified atom stereocenters.